The Morgan fingerprint density at radius 3 is 2.90 bits per heavy atom. The van der Waals surface area contributed by atoms with E-state index in [1.807, 2.05) is 0 Å². The van der Waals surface area contributed by atoms with Gasteiger partial charge in [0.15, 0.2) is 0 Å². The molecule has 0 radical (unpaired) electrons. The predicted octanol–water partition coefficient (Wildman–Crippen LogP) is 1.72. The van der Waals surface area contributed by atoms with Gasteiger partial charge in [-0.3, -0.25) is 14.7 Å². The summed E-state index contributed by atoms with van der Waals surface area (Å²) in [5.74, 6) is -0.153. The lowest BCUT2D eigenvalue weighted by molar-refractivity contribution is 0.0900. The zero-order valence-corrected chi connectivity index (χ0v) is 12.7. The second-order valence-electron chi connectivity index (χ2n) is 5.64. The number of hydrogen-bond donors (Lipinski definition) is 1. The van der Waals surface area contributed by atoms with Gasteiger partial charge in [-0.15, -0.1) is 0 Å². The minimum atomic E-state index is -0.153. The maximum atomic E-state index is 12.4. The summed E-state index contributed by atoms with van der Waals surface area (Å²) < 4.78 is 5.59. The first-order valence-corrected chi connectivity index (χ1v) is 7.85. The third kappa shape index (κ3) is 3.36. The molecule has 2 aliphatic rings. The van der Waals surface area contributed by atoms with Crippen molar-refractivity contribution in [1.29, 1.82) is 0 Å². The molecule has 2 saturated heterocycles. The van der Waals surface area contributed by atoms with Crippen molar-refractivity contribution in [3.8, 4) is 0 Å². The van der Waals surface area contributed by atoms with E-state index >= 15 is 0 Å². The number of ether oxygens (including phenoxy) is 1. The van der Waals surface area contributed by atoms with Crippen LogP contribution in [0.15, 0.2) is 18.5 Å². The van der Waals surface area contributed by atoms with E-state index in [9.17, 15) is 4.79 Å². The van der Waals surface area contributed by atoms with Crippen LogP contribution in [-0.2, 0) is 4.74 Å². The van der Waals surface area contributed by atoms with E-state index in [1.165, 1.54) is 25.5 Å². The average molecular weight is 310 g/mol. The molecule has 0 unspecified atom stereocenters. The zero-order valence-electron chi connectivity index (χ0n) is 11.9. The topological polar surface area (TPSA) is 54.5 Å². The number of carbonyl (C=O) groups excluding carboxylic acids is 1. The molecule has 0 aliphatic carbocycles. The molecule has 3 heterocycles. The largest absolute Gasteiger partial charge is 0.378 e. The highest BCUT2D eigenvalue weighted by Gasteiger charge is 2.34. The summed E-state index contributed by atoms with van der Waals surface area (Å²) in [6.45, 7) is 3.44. The van der Waals surface area contributed by atoms with Crippen molar-refractivity contribution < 1.29 is 9.53 Å². The smallest absolute Gasteiger partial charge is 0.253 e. The predicted molar refractivity (Wildman–Crippen MR) is 80.5 cm³/mol. The van der Waals surface area contributed by atoms with Crippen LogP contribution in [0.3, 0.4) is 0 Å². The van der Waals surface area contributed by atoms with E-state index in [0.29, 0.717) is 23.8 Å². The summed E-state index contributed by atoms with van der Waals surface area (Å²) in [6, 6.07) is 1.94. The van der Waals surface area contributed by atoms with Gasteiger partial charge in [0, 0.05) is 12.4 Å². The molecule has 1 amide bonds. The second kappa shape index (κ2) is 6.73. The fourth-order valence-electron chi connectivity index (χ4n) is 3.10. The summed E-state index contributed by atoms with van der Waals surface area (Å²) in [7, 11) is 0. The molecule has 2 aliphatic heterocycles. The molecule has 0 saturated carbocycles. The Kier molecular flexibility index (Phi) is 4.73. The Hall–Kier alpha value is -1.17. The molecule has 0 bridgehead atoms. The van der Waals surface area contributed by atoms with Crippen molar-refractivity contribution in [2.75, 3.05) is 26.3 Å². The number of carbonyl (C=O) groups is 1. The van der Waals surface area contributed by atoms with Gasteiger partial charge in [0.2, 0.25) is 0 Å². The third-order valence-corrected chi connectivity index (χ3v) is 4.54. The number of piperidine rings is 1. The lowest BCUT2D eigenvalue weighted by Crippen LogP contribution is -2.52. The van der Waals surface area contributed by atoms with Gasteiger partial charge in [-0.05, 0) is 32.0 Å². The molecule has 0 spiro atoms. The van der Waals surface area contributed by atoms with E-state index in [0.717, 1.165) is 13.1 Å². The van der Waals surface area contributed by atoms with Crippen LogP contribution in [-0.4, -0.2) is 54.2 Å². The highest BCUT2D eigenvalue weighted by Crippen LogP contribution is 2.20. The minimum absolute atomic E-state index is 0.0276. The van der Waals surface area contributed by atoms with E-state index in [-0.39, 0.29) is 18.0 Å². The first kappa shape index (κ1) is 14.8. The van der Waals surface area contributed by atoms with Gasteiger partial charge in [-0.2, -0.15) is 0 Å². The molecule has 5 nitrogen and oxygen atoms in total. The van der Waals surface area contributed by atoms with Gasteiger partial charge in [0.05, 0.1) is 35.9 Å². The van der Waals surface area contributed by atoms with Crippen molar-refractivity contribution >= 4 is 17.5 Å². The number of amides is 1. The number of hydrogen-bond acceptors (Lipinski definition) is 4. The van der Waals surface area contributed by atoms with Gasteiger partial charge in [0.25, 0.3) is 5.91 Å². The van der Waals surface area contributed by atoms with Crippen molar-refractivity contribution in [3.05, 3.63) is 29.0 Å². The Morgan fingerprint density at radius 1 is 1.33 bits per heavy atom. The molecule has 114 valence electrons. The van der Waals surface area contributed by atoms with Gasteiger partial charge in [-0.25, -0.2) is 0 Å². The zero-order chi connectivity index (χ0) is 14.7. The number of pyridine rings is 1. The van der Waals surface area contributed by atoms with Crippen molar-refractivity contribution in [3.63, 3.8) is 0 Å². The van der Waals surface area contributed by atoms with Crippen LogP contribution in [0, 0.1) is 0 Å². The molecule has 21 heavy (non-hydrogen) atoms. The number of halogens is 1. The molecule has 0 aromatic carbocycles. The molecule has 1 N–H and O–H groups in total. The maximum absolute atomic E-state index is 12.4. The summed E-state index contributed by atoms with van der Waals surface area (Å²) in [5, 5.41) is 3.44. The second-order valence-corrected chi connectivity index (χ2v) is 6.04. The molecule has 6 heteroatoms. The van der Waals surface area contributed by atoms with E-state index in [4.69, 9.17) is 16.3 Å². The van der Waals surface area contributed by atoms with Crippen LogP contribution < -0.4 is 5.32 Å². The summed E-state index contributed by atoms with van der Waals surface area (Å²) in [6.07, 6.45) is 6.83. The molecule has 2 atom stereocenters. The Morgan fingerprint density at radius 2 is 2.14 bits per heavy atom. The molecule has 3 rings (SSSR count). The molecule has 2 fully saturated rings. The third-order valence-electron chi connectivity index (χ3n) is 4.24. The highest BCUT2D eigenvalue weighted by molar-refractivity contribution is 6.33. The van der Waals surface area contributed by atoms with Gasteiger partial charge >= 0.3 is 0 Å². The average Bonchev–Trinajstić information content (AvgIpc) is 2.96. The normalized spacial score (nSPS) is 26.7. The number of nitrogens with zero attached hydrogens (tertiary/aromatic N) is 2. The van der Waals surface area contributed by atoms with E-state index in [2.05, 4.69) is 15.2 Å². The molecular weight excluding hydrogens is 290 g/mol. The van der Waals surface area contributed by atoms with Crippen LogP contribution >= 0.6 is 11.6 Å². The minimum Gasteiger partial charge on any atom is -0.378 e. The van der Waals surface area contributed by atoms with Crippen LogP contribution in [0.5, 0.6) is 0 Å². The lowest BCUT2D eigenvalue weighted by atomic mass is 10.0. The first-order valence-electron chi connectivity index (χ1n) is 7.48. The van der Waals surface area contributed by atoms with Gasteiger partial charge in [-0.1, -0.05) is 18.0 Å². The summed E-state index contributed by atoms with van der Waals surface area (Å²) in [4.78, 5) is 18.7. The van der Waals surface area contributed by atoms with Gasteiger partial charge < -0.3 is 10.1 Å². The number of nitrogens with one attached hydrogen (secondary N) is 1. The van der Waals surface area contributed by atoms with Crippen molar-refractivity contribution in [2.24, 2.45) is 0 Å². The number of likely N-dealkylation sites (tertiary alicyclic amines) is 1. The summed E-state index contributed by atoms with van der Waals surface area (Å²) >= 11 is 6.02. The number of rotatable bonds is 3. The monoisotopic (exact) mass is 309 g/mol. The Bertz CT molecular complexity index is 505. The first-order chi connectivity index (χ1) is 10.3. The molecule has 1 aromatic heterocycles. The van der Waals surface area contributed by atoms with Gasteiger partial charge in [0.1, 0.15) is 0 Å². The van der Waals surface area contributed by atoms with Crippen LogP contribution in [0.4, 0.5) is 0 Å². The lowest BCUT2D eigenvalue weighted by Gasteiger charge is -2.34. The van der Waals surface area contributed by atoms with Crippen molar-refractivity contribution in [2.45, 2.75) is 31.3 Å². The summed E-state index contributed by atoms with van der Waals surface area (Å²) in [5.41, 5.74) is 0.468. The highest BCUT2D eigenvalue weighted by atomic mass is 35.5. The van der Waals surface area contributed by atoms with E-state index < -0.39 is 0 Å². The van der Waals surface area contributed by atoms with Crippen LogP contribution in [0.1, 0.15) is 29.6 Å². The SMILES string of the molecule is O=C(N[C@H]1COC[C@@H]1N1CCCCC1)c1ccncc1Cl. The molecular formula is C15H20ClN3O2. The molecule has 1 aromatic rings. The number of aromatic nitrogens is 1. The van der Waals surface area contributed by atoms with Crippen LogP contribution in [0.2, 0.25) is 5.02 Å². The Balaban J connectivity index is 1.66. The fraction of sp³-hybridized carbons (Fsp3) is 0.600. The Labute approximate surface area is 129 Å². The fourth-order valence-corrected chi connectivity index (χ4v) is 3.30. The maximum Gasteiger partial charge on any atom is 0.253 e. The van der Waals surface area contributed by atoms with Crippen LogP contribution in [0.25, 0.3) is 0 Å². The van der Waals surface area contributed by atoms with Crippen molar-refractivity contribution in [1.82, 2.24) is 15.2 Å². The standard InChI is InChI=1S/C15H20ClN3O2/c16-12-8-17-5-4-11(12)15(20)18-13-9-21-10-14(13)19-6-2-1-3-7-19/h4-5,8,13-14H,1-3,6-7,9-10H2,(H,18,20)/t13-,14-/m0/s1. The van der Waals surface area contributed by atoms with E-state index in [1.54, 1.807) is 12.3 Å². The quantitative estimate of drug-likeness (QED) is 0.923.